The van der Waals surface area contributed by atoms with Gasteiger partial charge in [0.15, 0.2) is 0 Å². The van der Waals surface area contributed by atoms with Crippen molar-refractivity contribution in [3.8, 4) is 0 Å². The Hall–Kier alpha value is -3.70. The van der Waals surface area contributed by atoms with E-state index in [0.29, 0.717) is 39.9 Å². The smallest absolute Gasteiger partial charge is 0.260 e. The lowest BCUT2D eigenvalue weighted by atomic mass is 10.1. The predicted molar refractivity (Wildman–Crippen MR) is 128 cm³/mol. The van der Waals surface area contributed by atoms with E-state index in [-0.39, 0.29) is 11.1 Å². The molecule has 0 N–H and O–H groups in total. The Kier molecular flexibility index (Phi) is 5.33. The van der Waals surface area contributed by atoms with E-state index >= 15 is 0 Å². The highest BCUT2D eigenvalue weighted by atomic mass is 35.5. The van der Waals surface area contributed by atoms with E-state index in [4.69, 9.17) is 11.6 Å². The van der Waals surface area contributed by atoms with E-state index < -0.39 is 0 Å². The molecule has 0 fully saturated rings. The zero-order chi connectivity index (χ0) is 22.1. The second-order valence-electron chi connectivity index (χ2n) is 7.74. The van der Waals surface area contributed by atoms with Crippen LogP contribution in [0.5, 0.6) is 0 Å². The summed E-state index contributed by atoms with van der Waals surface area (Å²) >= 11 is 6.26. The first-order valence-electron chi connectivity index (χ1n) is 10.4. The van der Waals surface area contributed by atoms with Gasteiger partial charge in [0.2, 0.25) is 0 Å². The number of aryl methyl sites for hydroxylation is 2. The van der Waals surface area contributed by atoms with Gasteiger partial charge in [-0.15, -0.1) is 0 Å². The largest absolute Gasteiger partial charge is 0.315 e. The third kappa shape index (κ3) is 3.83. The summed E-state index contributed by atoms with van der Waals surface area (Å²) < 4.78 is 3.27. The number of rotatable bonds is 5. The van der Waals surface area contributed by atoms with Crippen LogP contribution >= 0.6 is 11.6 Å². The number of halogens is 1. The number of pyridine rings is 3. The summed E-state index contributed by atoms with van der Waals surface area (Å²) in [5.74, 6) is 0. The molecular weight excluding hydrogens is 422 g/mol. The maximum atomic E-state index is 13.2. The van der Waals surface area contributed by atoms with Crippen molar-refractivity contribution in [2.45, 2.75) is 19.5 Å². The summed E-state index contributed by atoms with van der Waals surface area (Å²) in [4.78, 5) is 30.9. The molecule has 0 amide bonds. The van der Waals surface area contributed by atoms with Gasteiger partial charge in [-0.1, -0.05) is 60.1 Å². The molecule has 0 aliphatic carbocycles. The van der Waals surface area contributed by atoms with Gasteiger partial charge in [0, 0.05) is 24.0 Å². The molecule has 0 aliphatic rings. The van der Waals surface area contributed by atoms with Gasteiger partial charge in [0.05, 0.1) is 28.4 Å². The molecule has 0 unspecified atom stereocenters. The minimum atomic E-state index is -0.198. The number of benzene rings is 2. The molecule has 5 rings (SSSR count). The maximum Gasteiger partial charge on any atom is 0.260 e. The highest BCUT2D eigenvalue weighted by Crippen LogP contribution is 2.18. The van der Waals surface area contributed by atoms with Crippen molar-refractivity contribution in [3.05, 3.63) is 122 Å². The molecule has 6 heteroatoms. The number of hydrogen-bond acceptors (Lipinski definition) is 3. The molecule has 0 saturated carbocycles. The van der Waals surface area contributed by atoms with Crippen LogP contribution < -0.4 is 11.1 Å². The van der Waals surface area contributed by atoms with Crippen molar-refractivity contribution in [3.63, 3.8) is 0 Å². The number of hydrogen-bond donors (Lipinski definition) is 0. The Morgan fingerprint density at radius 1 is 0.750 bits per heavy atom. The fourth-order valence-electron chi connectivity index (χ4n) is 3.91. The number of nitrogens with zero attached hydrogens (tertiary/aromatic N) is 3. The quantitative estimate of drug-likeness (QED) is 0.373. The molecular formula is C26H20ClN3O2. The van der Waals surface area contributed by atoms with Gasteiger partial charge in [0.1, 0.15) is 0 Å². The molecule has 0 saturated heterocycles. The lowest BCUT2D eigenvalue weighted by Gasteiger charge is -2.10. The topological polar surface area (TPSA) is 56.9 Å². The Morgan fingerprint density at radius 2 is 1.38 bits per heavy atom. The van der Waals surface area contributed by atoms with E-state index in [1.807, 2.05) is 54.6 Å². The summed E-state index contributed by atoms with van der Waals surface area (Å²) in [6.45, 7) is 0.908. The molecule has 0 spiro atoms. The van der Waals surface area contributed by atoms with Crippen LogP contribution in [0.3, 0.4) is 0 Å². The maximum absolute atomic E-state index is 13.2. The van der Waals surface area contributed by atoms with Gasteiger partial charge in [-0.05, 0) is 41.8 Å². The van der Waals surface area contributed by atoms with Gasteiger partial charge in [-0.25, -0.2) is 4.98 Å². The zero-order valence-electron chi connectivity index (χ0n) is 17.2. The van der Waals surface area contributed by atoms with Gasteiger partial charge >= 0.3 is 0 Å². The van der Waals surface area contributed by atoms with E-state index in [9.17, 15) is 9.59 Å². The first-order chi connectivity index (χ1) is 15.6. The van der Waals surface area contributed by atoms with Crippen molar-refractivity contribution in [1.29, 1.82) is 0 Å². The Balaban J connectivity index is 1.55. The van der Waals surface area contributed by atoms with Crippen molar-refractivity contribution < 1.29 is 0 Å². The molecule has 3 heterocycles. The van der Waals surface area contributed by atoms with Crippen molar-refractivity contribution in [1.82, 2.24) is 14.1 Å². The van der Waals surface area contributed by atoms with E-state index in [0.717, 1.165) is 12.0 Å². The van der Waals surface area contributed by atoms with Crippen LogP contribution in [0, 0.1) is 0 Å². The normalized spacial score (nSPS) is 11.3. The van der Waals surface area contributed by atoms with Crippen molar-refractivity contribution >= 4 is 33.4 Å². The number of aromatic nitrogens is 3. The van der Waals surface area contributed by atoms with Crippen LogP contribution in [-0.4, -0.2) is 14.1 Å². The molecule has 32 heavy (non-hydrogen) atoms. The van der Waals surface area contributed by atoms with Crippen LogP contribution in [0.25, 0.3) is 21.8 Å². The minimum Gasteiger partial charge on any atom is -0.315 e. The molecule has 2 aromatic carbocycles. The van der Waals surface area contributed by atoms with Gasteiger partial charge in [-0.2, -0.15) is 0 Å². The lowest BCUT2D eigenvalue weighted by molar-refractivity contribution is 0.675. The van der Waals surface area contributed by atoms with Crippen LogP contribution in [-0.2, 0) is 19.5 Å². The van der Waals surface area contributed by atoms with Crippen LogP contribution in [0.4, 0.5) is 0 Å². The van der Waals surface area contributed by atoms with E-state index in [1.54, 1.807) is 39.7 Å². The van der Waals surface area contributed by atoms with E-state index in [1.165, 1.54) is 5.56 Å². The van der Waals surface area contributed by atoms with Crippen LogP contribution in [0.2, 0.25) is 5.02 Å². The second-order valence-corrected chi connectivity index (χ2v) is 8.15. The van der Waals surface area contributed by atoms with Gasteiger partial charge in [-0.3, -0.25) is 9.59 Å². The SMILES string of the molecule is O=c1c2cc3c(=O)n(Cc4ccccc4Cl)ccc3nc2ccn1CCc1ccccc1. The summed E-state index contributed by atoms with van der Waals surface area (Å²) in [7, 11) is 0. The van der Waals surface area contributed by atoms with E-state index in [2.05, 4.69) is 4.98 Å². The van der Waals surface area contributed by atoms with Crippen molar-refractivity contribution in [2.24, 2.45) is 0 Å². The number of fused-ring (bicyclic) bond motifs is 2. The minimum absolute atomic E-state index is 0.145. The molecule has 0 radical (unpaired) electrons. The monoisotopic (exact) mass is 441 g/mol. The summed E-state index contributed by atoms with van der Waals surface area (Å²) in [6, 6.07) is 22.8. The highest BCUT2D eigenvalue weighted by Gasteiger charge is 2.11. The van der Waals surface area contributed by atoms with Crippen molar-refractivity contribution in [2.75, 3.05) is 0 Å². The fourth-order valence-corrected chi connectivity index (χ4v) is 4.11. The zero-order valence-corrected chi connectivity index (χ0v) is 18.0. The second kappa shape index (κ2) is 8.44. The molecule has 5 aromatic rings. The van der Waals surface area contributed by atoms with Gasteiger partial charge in [0.25, 0.3) is 11.1 Å². The Morgan fingerprint density at radius 3 is 2.09 bits per heavy atom. The predicted octanol–water partition coefficient (Wildman–Crippen LogP) is 4.66. The molecule has 0 atom stereocenters. The Bertz CT molecular complexity index is 1560. The molecule has 5 nitrogen and oxygen atoms in total. The average Bonchev–Trinajstić information content (AvgIpc) is 2.82. The van der Waals surface area contributed by atoms with Crippen LogP contribution in [0.1, 0.15) is 11.1 Å². The summed E-state index contributed by atoms with van der Waals surface area (Å²) in [6.07, 6.45) is 4.23. The first-order valence-corrected chi connectivity index (χ1v) is 10.8. The van der Waals surface area contributed by atoms with Gasteiger partial charge < -0.3 is 9.13 Å². The summed E-state index contributed by atoms with van der Waals surface area (Å²) in [5, 5.41) is 1.48. The van der Waals surface area contributed by atoms with Crippen LogP contribution in [0.15, 0.2) is 94.8 Å². The first kappa shape index (κ1) is 20.2. The third-order valence-corrected chi connectivity index (χ3v) is 6.04. The lowest BCUT2D eigenvalue weighted by Crippen LogP contribution is -2.23. The molecule has 0 bridgehead atoms. The standard InChI is InChI=1S/C26H20ClN3O2/c27-22-9-5-4-8-19(22)17-30-15-12-24-21(26(30)32)16-20-23(28-24)11-14-29(25(20)31)13-10-18-6-2-1-3-7-18/h1-9,11-12,14-16H,10,13,17H2. The average molecular weight is 442 g/mol. The highest BCUT2D eigenvalue weighted by molar-refractivity contribution is 6.31. The fraction of sp³-hybridized carbons (Fsp3) is 0.115. The molecule has 158 valence electrons. The molecule has 0 aliphatic heterocycles. The summed E-state index contributed by atoms with van der Waals surface area (Å²) in [5.41, 5.74) is 2.83. The molecule has 3 aromatic heterocycles. The third-order valence-electron chi connectivity index (χ3n) is 5.67. The Labute approximate surface area is 189 Å².